The predicted octanol–water partition coefficient (Wildman–Crippen LogP) is -0.973. The van der Waals surface area contributed by atoms with Crippen molar-refractivity contribution in [3.05, 3.63) is 23.4 Å². The van der Waals surface area contributed by atoms with Gasteiger partial charge in [-0.1, -0.05) is 0 Å². The number of aromatic nitrogens is 1. The second-order valence-electron chi connectivity index (χ2n) is 6.35. The average Bonchev–Trinajstić information content (AvgIpc) is 3.27. The number of hydrogen-bond donors (Lipinski definition) is 0. The average molecular weight is 316 g/mol. The van der Waals surface area contributed by atoms with Gasteiger partial charge < -0.3 is 14.8 Å². The van der Waals surface area contributed by atoms with Crippen LogP contribution in [0.3, 0.4) is 0 Å². The van der Waals surface area contributed by atoms with Gasteiger partial charge in [-0.3, -0.25) is 0 Å². The number of aromatic carboxylic acids is 1. The zero-order chi connectivity index (χ0) is 15.7. The summed E-state index contributed by atoms with van der Waals surface area (Å²) < 4.78 is 26.9. The van der Waals surface area contributed by atoms with Crippen LogP contribution in [0.5, 0.6) is 0 Å². The molecule has 0 radical (unpaired) electrons. The topological polar surface area (TPSA) is 56.3 Å². The molecular formula is C16H19F2LiN2O2. The third-order valence-electron chi connectivity index (χ3n) is 4.38. The van der Waals surface area contributed by atoms with Gasteiger partial charge in [0.25, 0.3) is 0 Å². The fraction of sp³-hybridized carbons (Fsp3) is 0.625. The molecule has 0 unspecified atom stereocenters. The first-order valence-corrected chi connectivity index (χ1v) is 7.78. The Balaban J connectivity index is 0.00000192. The Bertz CT molecular complexity index is 579. The number of anilines is 1. The molecule has 1 saturated heterocycles. The van der Waals surface area contributed by atoms with Gasteiger partial charge in [0.1, 0.15) is 5.82 Å². The van der Waals surface area contributed by atoms with Crippen LogP contribution in [0.15, 0.2) is 12.3 Å². The molecule has 120 valence electrons. The quantitative estimate of drug-likeness (QED) is 0.671. The van der Waals surface area contributed by atoms with Gasteiger partial charge in [-0.05, 0) is 43.2 Å². The van der Waals surface area contributed by atoms with Gasteiger partial charge in [0, 0.05) is 37.7 Å². The minimum Gasteiger partial charge on any atom is -0.545 e. The molecule has 0 N–H and O–H groups in total. The van der Waals surface area contributed by atoms with Crippen molar-refractivity contribution in [2.24, 2.45) is 5.92 Å². The molecule has 0 aromatic carbocycles. The fourth-order valence-electron chi connectivity index (χ4n) is 2.95. The number of hydrogen-bond acceptors (Lipinski definition) is 4. The molecule has 1 saturated carbocycles. The van der Waals surface area contributed by atoms with Crippen molar-refractivity contribution < 1.29 is 37.5 Å². The molecule has 7 heteroatoms. The number of halogens is 2. The summed E-state index contributed by atoms with van der Waals surface area (Å²) >= 11 is 0. The van der Waals surface area contributed by atoms with Crippen molar-refractivity contribution in [1.82, 2.24) is 4.98 Å². The molecular weight excluding hydrogens is 297 g/mol. The molecule has 1 aromatic heterocycles. The summed E-state index contributed by atoms with van der Waals surface area (Å²) in [7, 11) is 0. The number of alkyl halides is 2. The number of rotatable bonds is 4. The molecule has 0 spiro atoms. The van der Waals surface area contributed by atoms with E-state index >= 15 is 0 Å². The number of nitrogens with zero attached hydrogens (tertiary/aromatic N) is 2. The summed E-state index contributed by atoms with van der Waals surface area (Å²) in [4.78, 5) is 17.3. The summed E-state index contributed by atoms with van der Waals surface area (Å²) in [5.41, 5.74) is 0.897. The van der Waals surface area contributed by atoms with Crippen LogP contribution in [-0.4, -0.2) is 30.0 Å². The largest absolute Gasteiger partial charge is 1.00 e. The van der Waals surface area contributed by atoms with Crippen LogP contribution in [0.1, 0.15) is 48.0 Å². The number of carbonyl (C=O) groups excluding carboxylic acids is 1. The molecule has 2 heterocycles. The molecule has 1 aliphatic carbocycles. The Hall–Kier alpha value is -1.12. The Labute approximate surface area is 146 Å². The minimum atomic E-state index is -2.68. The van der Waals surface area contributed by atoms with E-state index in [1.807, 2.05) is 0 Å². The molecule has 23 heavy (non-hydrogen) atoms. The molecule has 0 atom stereocenters. The van der Waals surface area contributed by atoms with Crippen LogP contribution in [-0.2, 0) is 6.42 Å². The van der Waals surface area contributed by atoms with Crippen LogP contribution in [0.25, 0.3) is 0 Å². The van der Waals surface area contributed by atoms with Crippen molar-refractivity contribution in [2.75, 3.05) is 18.0 Å². The van der Waals surface area contributed by atoms with Gasteiger partial charge in [-0.25, -0.2) is 13.8 Å². The van der Waals surface area contributed by atoms with Crippen LogP contribution >= 0.6 is 0 Å². The molecule has 3 rings (SSSR count). The third-order valence-corrected chi connectivity index (χ3v) is 4.38. The molecule has 1 aromatic rings. The second-order valence-corrected chi connectivity index (χ2v) is 6.35. The van der Waals surface area contributed by atoms with E-state index in [0.29, 0.717) is 18.9 Å². The summed E-state index contributed by atoms with van der Waals surface area (Å²) in [6.45, 7) is 0.507. The third kappa shape index (κ3) is 4.68. The molecule has 0 bridgehead atoms. The second kappa shape index (κ2) is 7.19. The smallest absolute Gasteiger partial charge is 0.545 e. The summed E-state index contributed by atoms with van der Waals surface area (Å²) in [6.07, 6.45) is 4.72. The summed E-state index contributed by atoms with van der Waals surface area (Å²) in [5.74, 6) is -3.09. The van der Waals surface area contributed by atoms with Gasteiger partial charge in [0.2, 0.25) is 5.92 Å². The normalized spacial score (nSPS) is 20.5. The van der Waals surface area contributed by atoms with Crippen LogP contribution in [0, 0.1) is 5.92 Å². The van der Waals surface area contributed by atoms with E-state index in [-0.39, 0.29) is 49.6 Å². The Morgan fingerprint density at radius 2 is 2.09 bits per heavy atom. The van der Waals surface area contributed by atoms with Gasteiger partial charge >= 0.3 is 18.9 Å². The zero-order valence-corrected chi connectivity index (χ0v) is 13.4. The number of carboxylic acid groups (broad SMARTS) is 1. The maximum Gasteiger partial charge on any atom is 1.00 e. The van der Waals surface area contributed by atoms with E-state index < -0.39 is 11.9 Å². The first-order chi connectivity index (χ1) is 10.4. The number of carboxylic acids is 1. The maximum atomic E-state index is 13.5. The SMILES string of the molecule is O=C([O-])c1cc(CC2CC2)cnc1N1CCCC(F)(F)CC1.[Li+]. The van der Waals surface area contributed by atoms with Crippen LogP contribution < -0.4 is 28.9 Å². The van der Waals surface area contributed by atoms with E-state index in [1.54, 1.807) is 17.2 Å². The number of carbonyl (C=O) groups is 1. The van der Waals surface area contributed by atoms with E-state index in [1.165, 1.54) is 12.8 Å². The van der Waals surface area contributed by atoms with Gasteiger partial charge in [-0.2, -0.15) is 0 Å². The number of pyridine rings is 1. The van der Waals surface area contributed by atoms with Crippen LogP contribution in [0.2, 0.25) is 0 Å². The van der Waals surface area contributed by atoms with E-state index in [0.717, 1.165) is 12.0 Å². The Morgan fingerprint density at radius 3 is 2.74 bits per heavy atom. The summed E-state index contributed by atoms with van der Waals surface area (Å²) in [6, 6.07) is 1.60. The Morgan fingerprint density at radius 1 is 1.35 bits per heavy atom. The van der Waals surface area contributed by atoms with Gasteiger partial charge in [0.15, 0.2) is 0 Å². The summed E-state index contributed by atoms with van der Waals surface area (Å²) in [5, 5.41) is 11.4. The van der Waals surface area contributed by atoms with Crippen molar-refractivity contribution in [3.8, 4) is 0 Å². The van der Waals surface area contributed by atoms with E-state index in [4.69, 9.17) is 0 Å². The monoisotopic (exact) mass is 316 g/mol. The standard InChI is InChI=1S/C16H20F2N2O2.Li/c17-16(18)4-1-6-20(7-5-16)14-13(15(21)22)9-12(10-19-14)8-11-2-3-11;/h9-11H,1-8H2,(H,21,22);/q;+1/p-1. The molecule has 1 aliphatic heterocycles. The van der Waals surface area contributed by atoms with Crippen molar-refractivity contribution in [3.63, 3.8) is 0 Å². The predicted molar refractivity (Wildman–Crippen MR) is 76.0 cm³/mol. The van der Waals surface area contributed by atoms with E-state index in [9.17, 15) is 18.7 Å². The zero-order valence-electron chi connectivity index (χ0n) is 13.4. The van der Waals surface area contributed by atoms with E-state index in [2.05, 4.69) is 4.98 Å². The molecule has 4 nitrogen and oxygen atoms in total. The first kappa shape index (κ1) is 18.2. The van der Waals surface area contributed by atoms with Crippen molar-refractivity contribution in [2.45, 2.75) is 44.4 Å². The Kier molecular flexibility index (Phi) is 5.69. The van der Waals surface area contributed by atoms with Gasteiger partial charge in [0.05, 0.1) is 5.97 Å². The molecule has 2 fully saturated rings. The van der Waals surface area contributed by atoms with Gasteiger partial charge in [-0.15, -0.1) is 0 Å². The van der Waals surface area contributed by atoms with Crippen molar-refractivity contribution >= 4 is 11.8 Å². The van der Waals surface area contributed by atoms with Crippen molar-refractivity contribution in [1.29, 1.82) is 0 Å². The minimum absolute atomic E-state index is 0. The molecule has 2 aliphatic rings. The first-order valence-electron chi connectivity index (χ1n) is 7.78. The van der Waals surface area contributed by atoms with Crippen LogP contribution in [0.4, 0.5) is 14.6 Å². The maximum absolute atomic E-state index is 13.5. The fourth-order valence-corrected chi connectivity index (χ4v) is 2.95. The molecule has 0 amide bonds.